The number of nitrogens with zero attached hydrogens (tertiary/aromatic N) is 1. The van der Waals surface area contributed by atoms with Gasteiger partial charge in [-0.15, -0.1) is 0 Å². The zero-order valence-corrected chi connectivity index (χ0v) is 56.7. The number of allylic oxidation sites excluding steroid dienone is 19. The van der Waals surface area contributed by atoms with Gasteiger partial charge in [0, 0.05) is 12.8 Å². The Morgan fingerprint density at radius 2 is 0.765 bits per heavy atom. The molecule has 3 unspecified atom stereocenters. The third-order valence-corrected chi connectivity index (χ3v) is 15.9. The van der Waals surface area contributed by atoms with Crippen LogP contribution in [0.25, 0.3) is 0 Å². The minimum atomic E-state index is -4.73. The molecular weight excluding hydrogens is 1070 g/mol. The van der Waals surface area contributed by atoms with Gasteiger partial charge in [0.1, 0.15) is 19.3 Å². The van der Waals surface area contributed by atoms with Crippen molar-refractivity contribution >= 4 is 19.7 Å². The molecule has 9 nitrogen and oxygen atoms in total. The molecule has 0 fully saturated rings. The summed E-state index contributed by atoms with van der Waals surface area (Å²) in [6.45, 7) is 6.65. The zero-order valence-electron chi connectivity index (χ0n) is 55.8. The molecule has 0 aromatic rings. The number of carbonyl (C=O) groups is 2. The number of likely N-dealkylation sites (N-methyl/N-ethyl adjacent to an activating group) is 1. The lowest BCUT2D eigenvalue weighted by Gasteiger charge is -2.30. The molecule has 0 saturated heterocycles. The zero-order chi connectivity index (χ0) is 62.1. The molecule has 1 amide bonds. The molecule has 0 aromatic heterocycles. The number of rotatable bonds is 62. The lowest BCUT2D eigenvalue weighted by molar-refractivity contribution is -0.870. The molecule has 85 heavy (non-hydrogen) atoms. The molecule has 10 heteroatoms. The normalized spacial score (nSPS) is 14.3. The highest BCUT2D eigenvalue weighted by Crippen LogP contribution is 2.38. The molecule has 0 aliphatic heterocycles. The predicted octanol–water partition coefficient (Wildman–Crippen LogP) is 21.6. The number of hydrogen-bond donors (Lipinski definition) is 1. The minimum absolute atomic E-state index is 0.0410. The van der Waals surface area contributed by atoms with E-state index in [0.717, 1.165) is 89.9 Å². The Hall–Kier alpha value is -3.59. The monoisotopic (exact) mass is 1200 g/mol. The quantitative estimate of drug-likeness (QED) is 0.0212. The Morgan fingerprint density at radius 1 is 0.424 bits per heavy atom. The van der Waals surface area contributed by atoms with Crippen LogP contribution in [-0.4, -0.2) is 69.4 Å². The Morgan fingerprint density at radius 3 is 1.18 bits per heavy atom. The maximum atomic E-state index is 13.5. The lowest BCUT2D eigenvalue weighted by atomic mass is 10.0. The van der Waals surface area contributed by atoms with Gasteiger partial charge in [0.15, 0.2) is 0 Å². The van der Waals surface area contributed by atoms with Crippen LogP contribution in [0, 0.1) is 0 Å². The second-order valence-corrected chi connectivity index (χ2v) is 25.7. The van der Waals surface area contributed by atoms with Crippen molar-refractivity contribution in [2.24, 2.45) is 0 Å². The van der Waals surface area contributed by atoms with E-state index in [1.54, 1.807) is 0 Å². The fraction of sp³-hybridized carbons (Fsp3) is 0.707. The fourth-order valence-electron chi connectivity index (χ4n) is 9.55. The number of hydrogen-bond acceptors (Lipinski definition) is 7. The van der Waals surface area contributed by atoms with Crippen molar-refractivity contribution in [3.8, 4) is 0 Å². The first-order valence-corrected chi connectivity index (χ1v) is 36.3. The van der Waals surface area contributed by atoms with Crippen LogP contribution in [0.1, 0.15) is 290 Å². The van der Waals surface area contributed by atoms with E-state index in [1.807, 2.05) is 45.4 Å². The Labute approximate surface area is 524 Å². The van der Waals surface area contributed by atoms with E-state index in [0.29, 0.717) is 23.9 Å². The highest BCUT2D eigenvalue weighted by Gasteiger charge is 2.27. The summed E-state index contributed by atoms with van der Waals surface area (Å²) >= 11 is 0. The summed E-state index contributed by atoms with van der Waals surface area (Å²) in [6.07, 6.45) is 89.1. The SMILES string of the molecule is CC/C=C\C/C=C\C/C=C\C/C=C\C/C=C\C/C=C\CCC(=O)NC(COP(=O)([O-])OCC[N+](C)(C)C)C(/C=C\CCCCCCCCCCCCC)OC(=O)CCCCCCCCCCCCCCCC/C=C\C/C=C\C/C=C\CCCCC. The van der Waals surface area contributed by atoms with Crippen molar-refractivity contribution < 1.29 is 37.3 Å². The number of phosphoric acid groups is 1. The molecule has 0 heterocycles. The van der Waals surface area contributed by atoms with Gasteiger partial charge in [-0.25, -0.2) is 0 Å². The van der Waals surface area contributed by atoms with Gasteiger partial charge in [0.05, 0.1) is 33.8 Å². The van der Waals surface area contributed by atoms with Crippen LogP contribution >= 0.6 is 7.82 Å². The Bertz CT molecular complexity index is 1870. The van der Waals surface area contributed by atoms with Gasteiger partial charge < -0.3 is 28.5 Å². The summed E-state index contributed by atoms with van der Waals surface area (Å²) in [7, 11) is 1.13. The molecular formula is C75H131N2O7P. The molecule has 0 saturated carbocycles. The first kappa shape index (κ1) is 81.4. The molecule has 0 spiro atoms. The summed E-state index contributed by atoms with van der Waals surface area (Å²) in [6, 6.07) is -0.937. The van der Waals surface area contributed by atoms with Crippen molar-refractivity contribution in [1.29, 1.82) is 0 Å². The molecule has 0 rings (SSSR count). The highest BCUT2D eigenvalue weighted by molar-refractivity contribution is 7.45. The Balaban J connectivity index is 5.18. The van der Waals surface area contributed by atoms with Crippen LogP contribution in [0.5, 0.6) is 0 Å². The van der Waals surface area contributed by atoms with E-state index in [-0.39, 0.29) is 31.3 Å². The number of nitrogens with one attached hydrogen (secondary N) is 1. The van der Waals surface area contributed by atoms with Crippen LogP contribution in [-0.2, 0) is 27.9 Å². The van der Waals surface area contributed by atoms with Gasteiger partial charge in [-0.1, -0.05) is 290 Å². The van der Waals surface area contributed by atoms with Crippen LogP contribution in [0.4, 0.5) is 0 Å². The average Bonchev–Trinajstić information content (AvgIpc) is 3.50. The van der Waals surface area contributed by atoms with Crippen molar-refractivity contribution in [3.63, 3.8) is 0 Å². The second-order valence-electron chi connectivity index (χ2n) is 24.3. The maximum absolute atomic E-state index is 13.5. The van der Waals surface area contributed by atoms with Gasteiger partial charge in [-0.05, 0) is 109 Å². The number of quaternary nitrogens is 1. The molecule has 3 atom stereocenters. The van der Waals surface area contributed by atoms with Gasteiger partial charge in [-0.2, -0.15) is 0 Å². The molecule has 0 aliphatic rings. The molecule has 0 bridgehead atoms. The van der Waals surface area contributed by atoms with Crippen LogP contribution < -0.4 is 10.2 Å². The van der Waals surface area contributed by atoms with Crippen molar-refractivity contribution in [1.82, 2.24) is 5.32 Å². The minimum Gasteiger partial charge on any atom is -0.756 e. The molecule has 0 aliphatic carbocycles. The standard InChI is InChI=1S/C75H131N2O7P/c1-7-10-13-16-19-22-25-28-30-32-34-35-36-37-38-39-40-41-43-45-47-50-53-56-59-62-65-68-75(79)84-73(66-63-60-57-54-51-48-27-24-21-18-15-12-9-3)72(71-83-85(80,81)82-70-69-77(4,5)6)76-74(78)67-64-61-58-55-52-49-46-44-42-33-31-29-26-23-20-17-14-11-8-2/h11,14,19-20,22-23,28-31,34-35,42,44,49,52,58,61,63,66,72-73H,7-10,12-13,15-18,21,24-27,32-33,36-41,43,45-48,50-51,53-57,59-60,62,64-65,67-71H2,1-6H3,(H-,76,78,80,81)/b14-11-,22-19-,23-20-,30-28-,31-29-,35-34-,44-42-,52-49-,61-58-,66-63-. The highest BCUT2D eigenvalue weighted by atomic mass is 31.2. The van der Waals surface area contributed by atoms with Crippen molar-refractivity contribution in [2.75, 3.05) is 40.9 Å². The van der Waals surface area contributed by atoms with Crippen LogP contribution in [0.2, 0.25) is 0 Å². The maximum Gasteiger partial charge on any atom is 0.306 e. The largest absolute Gasteiger partial charge is 0.756 e. The summed E-state index contributed by atoms with van der Waals surface area (Å²) in [4.78, 5) is 40.1. The first-order valence-electron chi connectivity index (χ1n) is 34.8. The molecule has 1 N–H and O–H groups in total. The van der Waals surface area contributed by atoms with Crippen molar-refractivity contribution in [2.45, 2.75) is 303 Å². The number of unbranched alkanes of at least 4 members (excludes halogenated alkanes) is 28. The molecule has 0 aromatic carbocycles. The van der Waals surface area contributed by atoms with E-state index in [2.05, 4.69) is 123 Å². The number of carbonyl (C=O) groups excluding carboxylic acids is 2. The predicted molar refractivity (Wildman–Crippen MR) is 367 cm³/mol. The van der Waals surface area contributed by atoms with Gasteiger partial charge >= 0.3 is 5.97 Å². The van der Waals surface area contributed by atoms with Gasteiger partial charge in [0.25, 0.3) is 7.82 Å². The third kappa shape index (κ3) is 64.7. The number of esters is 1. The number of amides is 1. The smallest absolute Gasteiger partial charge is 0.306 e. The summed E-state index contributed by atoms with van der Waals surface area (Å²) in [5, 5.41) is 2.99. The molecule has 488 valence electrons. The van der Waals surface area contributed by atoms with E-state index >= 15 is 0 Å². The number of ether oxygens (including phenoxy) is 1. The topological polar surface area (TPSA) is 114 Å². The van der Waals surface area contributed by atoms with E-state index < -0.39 is 26.6 Å². The van der Waals surface area contributed by atoms with Gasteiger partial charge in [-0.3, -0.25) is 14.2 Å². The lowest BCUT2D eigenvalue weighted by Crippen LogP contribution is -2.47. The van der Waals surface area contributed by atoms with E-state index in [4.69, 9.17) is 13.8 Å². The summed E-state index contributed by atoms with van der Waals surface area (Å²) in [5.41, 5.74) is 0. The average molecular weight is 1200 g/mol. The summed E-state index contributed by atoms with van der Waals surface area (Å²) in [5.74, 6) is -0.640. The van der Waals surface area contributed by atoms with E-state index in [9.17, 15) is 19.0 Å². The fourth-order valence-corrected chi connectivity index (χ4v) is 10.3. The van der Waals surface area contributed by atoms with Crippen molar-refractivity contribution in [3.05, 3.63) is 122 Å². The van der Waals surface area contributed by atoms with Gasteiger partial charge in [0.2, 0.25) is 5.91 Å². The van der Waals surface area contributed by atoms with E-state index in [1.165, 1.54) is 154 Å². The Kier molecular flexibility index (Phi) is 60.8. The first-order chi connectivity index (χ1) is 41.4. The third-order valence-electron chi connectivity index (χ3n) is 14.9. The second kappa shape index (κ2) is 63.4. The molecule has 0 radical (unpaired) electrons. The van der Waals surface area contributed by atoms with Crippen LogP contribution in [0.15, 0.2) is 122 Å². The van der Waals surface area contributed by atoms with Crippen LogP contribution in [0.3, 0.4) is 0 Å². The summed E-state index contributed by atoms with van der Waals surface area (Å²) < 4.78 is 30.4. The number of phosphoric ester groups is 1.